The number of Topliss-reactive ketones (excluding diaryl/α,β-unsaturated/α-hetero) is 1. The van der Waals surface area contributed by atoms with Crippen LogP contribution in [0.3, 0.4) is 0 Å². The number of benzene rings is 2. The molecule has 6 nitrogen and oxygen atoms in total. The highest BCUT2D eigenvalue weighted by atomic mass is 16.2. The molecule has 2 aromatic rings. The van der Waals surface area contributed by atoms with Crippen LogP contribution >= 0.6 is 0 Å². The number of carbonyl (C=O) groups excluding carboxylic acids is 3. The van der Waals surface area contributed by atoms with Crippen LogP contribution in [0.15, 0.2) is 48.5 Å². The first-order chi connectivity index (χ1) is 13.4. The first-order valence-corrected chi connectivity index (χ1v) is 9.48. The second-order valence-corrected chi connectivity index (χ2v) is 7.00. The summed E-state index contributed by atoms with van der Waals surface area (Å²) < 4.78 is 0. The van der Waals surface area contributed by atoms with Crippen molar-refractivity contribution in [2.24, 2.45) is 0 Å². The molecule has 1 heterocycles. The minimum Gasteiger partial charge on any atom is -0.372 e. The van der Waals surface area contributed by atoms with Crippen molar-refractivity contribution in [2.45, 2.75) is 26.7 Å². The zero-order valence-corrected chi connectivity index (χ0v) is 16.3. The molecule has 0 spiro atoms. The molecule has 3 rings (SSSR count). The van der Waals surface area contributed by atoms with Gasteiger partial charge in [0.05, 0.1) is 0 Å². The molecule has 28 heavy (non-hydrogen) atoms. The fraction of sp³-hybridized carbons (Fsp3) is 0.318. The third-order valence-corrected chi connectivity index (χ3v) is 4.89. The average Bonchev–Trinajstić information content (AvgIpc) is 3.21. The number of amides is 2. The molecule has 2 aromatic carbocycles. The highest BCUT2D eigenvalue weighted by molar-refractivity contribution is 6.02. The summed E-state index contributed by atoms with van der Waals surface area (Å²) in [4.78, 5) is 39.6. The third-order valence-electron chi connectivity index (χ3n) is 4.89. The van der Waals surface area contributed by atoms with E-state index >= 15 is 0 Å². The van der Waals surface area contributed by atoms with E-state index in [2.05, 4.69) is 10.2 Å². The molecule has 0 atom stereocenters. The molecular weight excluding hydrogens is 354 g/mol. The van der Waals surface area contributed by atoms with Crippen LogP contribution in [-0.4, -0.2) is 37.2 Å². The number of nitrogens with zero attached hydrogens (tertiary/aromatic N) is 2. The molecule has 0 unspecified atom stereocenters. The van der Waals surface area contributed by atoms with Gasteiger partial charge in [0.15, 0.2) is 5.78 Å². The zero-order valence-electron chi connectivity index (χ0n) is 16.3. The molecule has 1 aliphatic heterocycles. The molecule has 6 heteroatoms. The third kappa shape index (κ3) is 4.76. The van der Waals surface area contributed by atoms with Gasteiger partial charge < -0.3 is 15.1 Å². The van der Waals surface area contributed by atoms with Crippen LogP contribution in [0.2, 0.25) is 0 Å². The van der Waals surface area contributed by atoms with Gasteiger partial charge in [0.25, 0.3) is 0 Å². The van der Waals surface area contributed by atoms with E-state index in [1.165, 1.54) is 31.6 Å². The van der Waals surface area contributed by atoms with Crippen molar-refractivity contribution >= 4 is 34.7 Å². The maximum Gasteiger partial charge on any atom is 0.244 e. The van der Waals surface area contributed by atoms with Gasteiger partial charge in [0, 0.05) is 42.6 Å². The monoisotopic (exact) mass is 379 g/mol. The summed E-state index contributed by atoms with van der Waals surface area (Å²) in [5.74, 6) is -0.564. The van der Waals surface area contributed by atoms with Gasteiger partial charge in [-0.05, 0) is 68.3 Å². The summed E-state index contributed by atoms with van der Waals surface area (Å²) in [5.41, 5.74) is 3.00. The maximum absolute atomic E-state index is 12.4. The van der Waals surface area contributed by atoms with Crippen LogP contribution in [0.4, 0.5) is 17.1 Å². The standard InChI is InChI=1S/C22H25N3O3/c1-16(26)18-5-9-21(10-6-18)25(17(2)27)15-22(28)23-19-7-11-20(12-8-19)24-13-3-4-14-24/h5-12H,3-4,13-15H2,1-2H3,(H,23,28). The predicted octanol–water partition coefficient (Wildman–Crippen LogP) is 3.48. The summed E-state index contributed by atoms with van der Waals surface area (Å²) in [5, 5.41) is 2.84. The molecule has 0 radical (unpaired) electrons. The summed E-state index contributed by atoms with van der Waals surface area (Å²) in [6.07, 6.45) is 2.43. The molecular formula is C22H25N3O3. The summed E-state index contributed by atoms with van der Waals surface area (Å²) in [6, 6.07) is 14.4. The highest BCUT2D eigenvalue weighted by Gasteiger charge is 2.17. The number of anilines is 3. The largest absolute Gasteiger partial charge is 0.372 e. The molecule has 0 saturated carbocycles. The van der Waals surface area contributed by atoms with Crippen LogP contribution in [0, 0.1) is 0 Å². The molecule has 0 bridgehead atoms. The van der Waals surface area contributed by atoms with Gasteiger partial charge in [-0.1, -0.05) is 0 Å². The lowest BCUT2D eigenvalue weighted by Gasteiger charge is -2.21. The van der Waals surface area contributed by atoms with Gasteiger partial charge in [-0.3, -0.25) is 14.4 Å². The van der Waals surface area contributed by atoms with E-state index in [9.17, 15) is 14.4 Å². The van der Waals surface area contributed by atoms with E-state index in [4.69, 9.17) is 0 Å². The van der Waals surface area contributed by atoms with Gasteiger partial charge in [0.2, 0.25) is 11.8 Å². The summed E-state index contributed by atoms with van der Waals surface area (Å²) >= 11 is 0. The van der Waals surface area contributed by atoms with Crippen LogP contribution in [-0.2, 0) is 9.59 Å². The van der Waals surface area contributed by atoms with Gasteiger partial charge in [-0.25, -0.2) is 0 Å². The van der Waals surface area contributed by atoms with E-state index in [0.29, 0.717) is 16.9 Å². The number of ketones is 1. The quantitative estimate of drug-likeness (QED) is 0.780. The lowest BCUT2D eigenvalue weighted by molar-refractivity contribution is -0.120. The molecule has 2 amide bonds. The van der Waals surface area contributed by atoms with Crippen LogP contribution < -0.4 is 15.1 Å². The second-order valence-electron chi connectivity index (χ2n) is 7.00. The molecule has 0 aromatic heterocycles. The Kier molecular flexibility index (Phi) is 6.09. The first kappa shape index (κ1) is 19.6. The topological polar surface area (TPSA) is 69.7 Å². The number of hydrogen-bond acceptors (Lipinski definition) is 4. The Bertz CT molecular complexity index is 854. The van der Waals surface area contributed by atoms with Crippen molar-refractivity contribution in [3.8, 4) is 0 Å². The molecule has 146 valence electrons. The number of nitrogens with one attached hydrogen (secondary N) is 1. The Morgan fingerprint density at radius 1 is 0.929 bits per heavy atom. The Morgan fingerprint density at radius 3 is 2.07 bits per heavy atom. The van der Waals surface area contributed by atoms with E-state index in [1.807, 2.05) is 24.3 Å². The summed E-state index contributed by atoms with van der Waals surface area (Å²) in [6.45, 7) is 4.95. The van der Waals surface area contributed by atoms with Crippen LogP contribution in [0.5, 0.6) is 0 Å². The Morgan fingerprint density at radius 2 is 1.54 bits per heavy atom. The average molecular weight is 379 g/mol. The van der Waals surface area contributed by atoms with Gasteiger partial charge in [-0.2, -0.15) is 0 Å². The van der Waals surface area contributed by atoms with Crippen molar-refractivity contribution in [2.75, 3.05) is 34.8 Å². The maximum atomic E-state index is 12.4. The van der Waals surface area contributed by atoms with Crippen molar-refractivity contribution < 1.29 is 14.4 Å². The van der Waals surface area contributed by atoms with Crippen LogP contribution in [0.1, 0.15) is 37.0 Å². The zero-order chi connectivity index (χ0) is 20.1. The van der Waals surface area contributed by atoms with Gasteiger partial charge >= 0.3 is 0 Å². The SMILES string of the molecule is CC(=O)c1ccc(N(CC(=O)Nc2ccc(N3CCCC3)cc2)C(C)=O)cc1. The highest BCUT2D eigenvalue weighted by Crippen LogP contribution is 2.22. The number of rotatable bonds is 6. The van der Waals surface area contributed by atoms with Crippen molar-refractivity contribution in [1.29, 1.82) is 0 Å². The molecule has 1 aliphatic rings. The fourth-order valence-corrected chi connectivity index (χ4v) is 3.34. The Balaban J connectivity index is 1.64. The van der Waals surface area contributed by atoms with E-state index in [0.717, 1.165) is 18.8 Å². The van der Waals surface area contributed by atoms with E-state index < -0.39 is 0 Å². The Hall–Kier alpha value is -3.15. The minimum absolute atomic E-state index is 0.0453. The minimum atomic E-state index is -0.278. The summed E-state index contributed by atoms with van der Waals surface area (Å²) in [7, 11) is 0. The van der Waals surface area contributed by atoms with Crippen molar-refractivity contribution in [1.82, 2.24) is 0 Å². The molecule has 1 N–H and O–H groups in total. The van der Waals surface area contributed by atoms with E-state index in [1.54, 1.807) is 24.3 Å². The number of carbonyl (C=O) groups is 3. The van der Waals surface area contributed by atoms with Crippen molar-refractivity contribution in [3.05, 3.63) is 54.1 Å². The van der Waals surface area contributed by atoms with E-state index in [-0.39, 0.29) is 24.1 Å². The fourth-order valence-electron chi connectivity index (χ4n) is 3.34. The normalized spacial score (nSPS) is 13.3. The molecule has 0 aliphatic carbocycles. The molecule has 1 fully saturated rings. The van der Waals surface area contributed by atoms with Gasteiger partial charge in [0.1, 0.15) is 6.54 Å². The van der Waals surface area contributed by atoms with Crippen LogP contribution in [0.25, 0.3) is 0 Å². The first-order valence-electron chi connectivity index (χ1n) is 9.48. The predicted molar refractivity (Wildman–Crippen MR) is 111 cm³/mol. The lowest BCUT2D eigenvalue weighted by atomic mass is 10.1. The molecule has 1 saturated heterocycles. The smallest absolute Gasteiger partial charge is 0.244 e. The van der Waals surface area contributed by atoms with Crippen molar-refractivity contribution in [3.63, 3.8) is 0 Å². The van der Waals surface area contributed by atoms with Gasteiger partial charge in [-0.15, -0.1) is 0 Å². The number of hydrogen-bond donors (Lipinski definition) is 1. The lowest BCUT2D eigenvalue weighted by Crippen LogP contribution is -2.36. The second kappa shape index (κ2) is 8.69. The Labute approximate surface area is 165 Å².